The van der Waals surface area contributed by atoms with Crippen LogP contribution in [-0.2, 0) is 32.7 Å². The van der Waals surface area contributed by atoms with Crippen molar-refractivity contribution in [1.29, 1.82) is 0 Å². The summed E-state index contributed by atoms with van der Waals surface area (Å²) in [5, 5.41) is 50.1. The normalized spacial score (nSPS) is 22.5. The third-order valence-electron chi connectivity index (χ3n) is 10.8. The van der Waals surface area contributed by atoms with Crippen molar-refractivity contribution in [2.75, 3.05) is 13.2 Å². The third kappa shape index (κ3) is 28.5. The lowest BCUT2D eigenvalue weighted by atomic mass is 9.85. The number of rotatable bonds is 38. The molecule has 1 aliphatic rings. The number of carbonyl (C=O) groups excluding carboxylic acids is 2. The summed E-state index contributed by atoms with van der Waals surface area (Å²) in [6, 6.07) is 0. The molecule has 6 N–H and O–H groups in total. The van der Waals surface area contributed by atoms with Gasteiger partial charge in [0.15, 0.2) is 6.10 Å². The minimum Gasteiger partial charge on any atom is -0.462 e. The largest absolute Gasteiger partial charge is 0.472 e. The van der Waals surface area contributed by atoms with Crippen LogP contribution < -0.4 is 0 Å². The van der Waals surface area contributed by atoms with E-state index in [1.54, 1.807) is 0 Å². The van der Waals surface area contributed by atoms with Gasteiger partial charge in [0.05, 0.1) is 6.61 Å². The standard InChI is InChI=1S/C45H83O13P/c1-3-5-7-9-11-13-15-17-18-19-20-22-23-25-27-29-31-33-38(46)55-35-37(36-56-59(53,54)58-45-43(51)41(49)40(48)42(50)44(45)52)57-39(47)34-32-30-28-26-24-21-16-14-12-10-8-6-4-2/h21,24,28,30,37,40-45,48-52H,3-20,22-23,25-27,29,31-36H2,1-2H3,(H,53,54)/b24-21+,30-28+/t37?,40?,41-,42?,43?,44?,45?/m0/s1. The van der Waals surface area contributed by atoms with Gasteiger partial charge in [-0.05, 0) is 32.1 Å². The van der Waals surface area contributed by atoms with E-state index in [0.717, 1.165) is 32.1 Å². The number of aliphatic hydroxyl groups is 5. The van der Waals surface area contributed by atoms with Gasteiger partial charge in [0.25, 0.3) is 0 Å². The average Bonchev–Trinajstić information content (AvgIpc) is 3.21. The molecule has 1 rings (SSSR count). The molecule has 346 valence electrons. The number of phosphoric acid groups is 1. The van der Waals surface area contributed by atoms with E-state index >= 15 is 0 Å². The van der Waals surface area contributed by atoms with E-state index in [1.165, 1.54) is 122 Å². The molecule has 13 nitrogen and oxygen atoms in total. The topological polar surface area (TPSA) is 210 Å². The number of hydrogen-bond donors (Lipinski definition) is 6. The second-order valence-electron chi connectivity index (χ2n) is 16.3. The molecule has 8 atom stereocenters. The Kier molecular flexibility index (Phi) is 33.7. The Bertz CT molecular complexity index is 1130. The highest BCUT2D eigenvalue weighted by atomic mass is 31.2. The molecule has 0 aromatic rings. The Labute approximate surface area is 356 Å². The summed E-state index contributed by atoms with van der Waals surface area (Å²) in [7, 11) is -5.13. The number of ether oxygens (including phenoxy) is 2. The Morgan fingerprint density at radius 3 is 1.44 bits per heavy atom. The third-order valence-corrected chi connectivity index (χ3v) is 11.8. The molecule has 7 unspecified atom stereocenters. The van der Waals surface area contributed by atoms with Gasteiger partial charge in [-0.3, -0.25) is 18.6 Å². The van der Waals surface area contributed by atoms with Crippen LogP contribution in [0.25, 0.3) is 0 Å². The molecule has 0 saturated heterocycles. The van der Waals surface area contributed by atoms with Crippen molar-refractivity contribution in [1.82, 2.24) is 0 Å². The van der Waals surface area contributed by atoms with Crippen LogP contribution in [0.4, 0.5) is 0 Å². The highest BCUT2D eigenvalue weighted by Crippen LogP contribution is 2.47. The molecule has 1 aliphatic carbocycles. The first-order valence-corrected chi connectivity index (χ1v) is 24.6. The van der Waals surface area contributed by atoms with Crippen molar-refractivity contribution in [2.24, 2.45) is 0 Å². The van der Waals surface area contributed by atoms with Gasteiger partial charge >= 0.3 is 19.8 Å². The van der Waals surface area contributed by atoms with Gasteiger partial charge in [0.2, 0.25) is 0 Å². The Morgan fingerprint density at radius 2 is 0.949 bits per heavy atom. The van der Waals surface area contributed by atoms with Gasteiger partial charge in [-0.25, -0.2) is 4.57 Å². The van der Waals surface area contributed by atoms with Crippen LogP contribution in [0.15, 0.2) is 24.3 Å². The number of esters is 2. The fraction of sp³-hybridized carbons (Fsp3) is 0.867. The molecule has 0 radical (unpaired) electrons. The summed E-state index contributed by atoms with van der Waals surface area (Å²) in [5.74, 6) is -1.17. The monoisotopic (exact) mass is 863 g/mol. The van der Waals surface area contributed by atoms with Crippen LogP contribution in [0.3, 0.4) is 0 Å². The van der Waals surface area contributed by atoms with Crippen molar-refractivity contribution >= 4 is 19.8 Å². The zero-order chi connectivity index (χ0) is 43.6. The minimum absolute atomic E-state index is 0.00643. The van der Waals surface area contributed by atoms with Crippen LogP contribution in [-0.4, -0.2) is 98.3 Å². The lowest BCUT2D eigenvalue weighted by Gasteiger charge is -2.41. The number of allylic oxidation sites excluding steroid dienone is 4. The number of hydrogen-bond acceptors (Lipinski definition) is 12. The predicted octanol–water partition coefficient (Wildman–Crippen LogP) is 8.84. The SMILES string of the molecule is CCCCCCCC/C=C/C/C=C/CCC(=O)OC(COC(=O)CCCCCCCCCCCCCCCCCCC)COP(=O)(O)OC1C(O)C(O)C(O)[C@H](O)C1O. The van der Waals surface area contributed by atoms with Crippen LogP contribution in [0, 0.1) is 0 Å². The first kappa shape index (κ1) is 55.3. The summed E-state index contributed by atoms with van der Waals surface area (Å²) in [5.41, 5.74) is 0. The van der Waals surface area contributed by atoms with E-state index in [1.807, 2.05) is 12.2 Å². The molecule has 0 amide bonds. The van der Waals surface area contributed by atoms with Crippen LogP contribution >= 0.6 is 7.82 Å². The summed E-state index contributed by atoms with van der Waals surface area (Å²) in [6.45, 7) is 3.25. The number of carbonyl (C=O) groups is 2. The quantitative estimate of drug-likeness (QED) is 0.0149. The molecule has 59 heavy (non-hydrogen) atoms. The number of phosphoric ester groups is 1. The van der Waals surface area contributed by atoms with Crippen molar-refractivity contribution in [3.05, 3.63) is 24.3 Å². The summed E-state index contributed by atoms with van der Waals surface area (Å²) < 4.78 is 33.4. The van der Waals surface area contributed by atoms with Crippen molar-refractivity contribution in [3.63, 3.8) is 0 Å². The maximum atomic E-state index is 12.8. The van der Waals surface area contributed by atoms with Gasteiger partial charge in [-0.15, -0.1) is 0 Å². The molecule has 0 aromatic carbocycles. The molecule has 0 spiro atoms. The summed E-state index contributed by atoms with van der Waals surface area (Å²) in [6.07, 6.45) is 25.4. The van der Waals surface area contributed by atoms with E-state index in [9.17, 15) is 44.6 Å². The number of aliphatic hydroxyl groups excluding tert-OH is 5. The van der Waals surface area contributed by atoms with Gasteiger partial charge in [-0.1, -0.05) is 173 Å². The molecule has 14 heteroatoms. The minimum atomic E-state index is -5.13. The van der Waals surface area contributed by atoms with Crippen molar-refractivity contribution in [3.8, 4) is 0 Å². The second-order valence-corrected chi connectivity index (χ2v) is 17.7. The van der Waals surface area contributed by atoms with Gasteiger partial charge in [0.1, 0.15) is 43.2 Å². The van der Waals surface area contributed by atoms with Crippen molar-refractivity contribution in [2.45, 2.75) is 236 Å². The molecule has 0 aromatic heterocycles. The first-order chi connectivity index (χ1) is 28.4. The van der Waals surface area contributed by atoms with Gasteiger partial charge in [-0.2, -0.15) is 0 Å². The van der Waals surface area contributed by atoms with Gasteiger partial charge in [0, 0.05) is 12.8 Å². The Balaban J connectivity index is 2.47. The zero-order valence-corrected chi connectivity index (χ0v) is 37.4. The second kappa shape index (κ2) is 35.9. The number of unbranched alkanes of at least 4 members (excludes halogenated alkanes) is 22. The summed E-state index contributed by atoms with van der Waals surface area (Å²) >= 11 is 0. The Hall–Kier alpha value is -1.67. The van der Waals surface area contributed by atoms with E-state index in [-0.39, 0.29) is 12.8 Å². The van der Waals surface area contributed by atoms with E-state index < -0.39 is 75.7 Å². The van der Waals surface area contributed by atoms with Crippen LogP contribution in [0.5, 0.6) is 0 Å². The first-order valence-electron chi connectivity index (χ1n) is 23.1. The predicted molar refractivity (Wildman–Crippen MR) is 230 cm³/mol. The Morgan fingerprint density at radius 1 is 0.525 bits per heavy atom. The lowest BCUT2D eigenvalue weighted by Crippen LogP contribution is -2.64. The molecule has 0 aliphatic heterocycles. The van der Waals surface area contributed by atoms with Gasteiger partial charge < -0.3 is 39.9 Å². The molecular weight excluding hydrogens is 779 g/mol. The fourth-order valence-electron chi connectivity index (χ4n) is 7.05. The lowest BCUT2D eigenvalue weighted by molar-refractivity contribution is -0.220. The smallest absolute Gasteiger partial charge is 0.462 e. The molecule has 1 fully saturated rings. The van der Waals surface area contributed by atoms with E-state index in [0.29, 0.717) is 12.8 Å². The van der Waals surface area contributed by atoms with Crippen molar-refractivity contribution < 1.29 is 63.1 Å². The maximum absolute atomic E-state index is 12.8. The maximum Gasteiger partial charge on any atom is 0.472 e. The zero-order valence-electron chi connectivity index (χ0n) is 36.6. The fourth-order valence-corrected chi connectivity index (χ4v) is 8.02. The molecule has 0 heterocycles. The average molecular weight is 863 g/mol. The van der Waals surface area contributed by atoms with E-state index in [4.69, 9.17) is 18.5 Å². The van der Waals surface area contributed by atoms with Crippen LogP contribution in [0.2, 0.25) is 0 Å². The highest BCUT2D eigenvalue weighted by Gasteiger charge is 2.51. The highest BCUT2D eigenvalue weighted by molar-refractivity contribution is 7.47. The molecule has 0 bridgehead atoms. The van der Waals surface area contributed by atoms with Crippen LogP contribution in [0.1, 0.15) is 194 Å². The molecular formula is C45H83O13P. The molecule has 1 saturated carbocycles. The summed E-state index contributed by atoms with van der Waals surface area (Å²) in [4.78, 5) is 35.6. The van der Waals surface area contributed by atoms with E-state index in [2.05, 4.69) is 26.0 Å².